The van der Waals surface area contributed by atoms with Crippen molar-refractivity contribution >= 4 is 28.2 Å². The lowest BCUT2D eigenvalue weighted by Crippen LogP contribution is -2.67. The summed E-state index contributed by atoms with van der Waals surface area (Å²) in [7, 11) is 1.62. The number of rotatable bonds is 10. The number of aliphatic hydroxyl groups is 1. The van der Waals surface area contributed by atoms with Crippen LogP contribution < -0.4 is 9.64 Å². The Labute approximate surface area is 251 Å². The zero-order valence-electron chi connectivity index (χ0n) is 25.2. The number of aromatic nitrogens is 2. The van der Waals surface area contributed by atoms with Crippen LogP contribution in [-0.2, 0) is 9.53 Å². The minimum absolute atomic E-state index is 0.173. The average molecular weight is 596 g/mol. The van der Waals surface area contributed by atoms with Gasteiger partial charge in [0, 0.05) is 43.2 Å². The van der Waals surface area contributed by atoms with Crippen LogP contribution in [-0.4, -0.2) is 81.7 Å². The molecule has 0 bridgehead atoms. The minimum atomic E-state index is -1.41. The first-order valence-electron chi connectivity index (χ1n) is 14.5. The molecule has 10 nitrogen and oxygen atoms in total. The number of benzene rings is 1. The fraction of sp³-hybridized carbons (Fsp3) is 0.516. The highest BCUT2D eigenvalue weighted by Gasteiger charge is 2.51. The van der Waals surface area contributed by atoms with Crippen LogP contribution in [0.2, 0.25) is 0 Å². The summed E-state index contributed by atoms with van der Waals surface area (Å²) in [5.74, 6) is 0.397. The first-order valence-corrected chi connectivity index (χ1v) is 15.3. The lowest BCUT2D eigenvalue weighted by molar-refractivity contribution is -0.146. The fourth-order valence-electron chi connectivity index (χ4n) is 5.81. The third-order valence-corrected chi connectivity index (χ3v) is 9.34. The number of nitrogens with zero attached hydrogens (tertiary/aromatic N) is 5. The monoisotopic (exact) mass is 595 g/mol. The van der Waals surface area contributed by atoms with Gasteiger partial charge in [-0.1, -0.05) is 43.4 Å². The van der Waals surface area contributed by atoms with Gasteiger partial charge in [0.25, 0.3) is 5.91 Å². The summed E-state index contributed by atoms with van der Waals surface area (Å²) in [5.41, 5.74) is 0.744. The van der Waals surface area contributed by atoms with Gasteiger partial charge in [0.1, 0.15) is 27.4 Å². The molecule has 1 fully saturated rings. The van der Waals surface area contributed by atoms with Gasteiger partial charge in [0.05, 0.1) is 19.2 Å². The van der Waals surface area contributed by atoms with E-state index in [1.165, 1.54) is 16.2 Å². The Morgan fingerprint density at radius 1 is 1.17 bits per heavy atom. The summed E-state index contributed by atoms with van der Waals surface area (Å²) < 4.78 is 13.9. The van der Waals surface area contributed by atoms with Crippen LogP contribution in [0.5, 0.6) is 5.75 Å². The van der Waals surface area contributed by atoms with Crippen molar-refractivity contribution in [1.29, 1.82) is 0 Å². The van der Waals surface area contributed by atoms with Crippen LogP contribution in [0.3, 0.4) is 0 Å². The molecule has 2 aliphatic heterocycles. The molecule has 1 saturated heterocycles. The number of anilines is 1. The molecule has 42 heavy (non-hydrogen) atoms. The SMILES string of the molecule is COc1ccccc1[C@H](CN1c2sc(-n3cccn3)c(C)c2C(=O)N(C(C)(C)C(=O)N2CCCC2)C1O)OCC(C)C. The third kappa shape index (κ3) is 5.41. The Morgan fingerprint density at radius 2 is 1.88 bits per heavy atom. The van der Waals surface area contributed by atoms with Crippen molar-refractivity contribution in [2.75, 3.05) is 38.3 Å². The Morgan fingerprint density at radius 3 is 2.52 bits per heavy atom. The van der Waals surface area contributed by atoms with Crippen LogP contribution in [0.15, 0.2) is 42.7 Å². The standard InChI is InChI=1S/C31H41N5O5S/c1-20(2)19-41-24(22-12-7-8-13-23(22)40-6)18-34-28-25(21(3)27(42-28)35-17-11-14-32-35)26(37)36(30(34)39)31(4,5)29(38)33-15-9-10-16-33/h7-8,11-14,17,20,24,30,39H,9-10,15-16,18-19H2,1-6H3/t24-,30?/m0/s1. The topological polar surface area (TPSA) is 100 Å². The number of methoxy groups -OCH3 is 1. The summed E-state index contributed by atoms with van der Waals surface area (Å²) in [6.07, 6.45) is 3.48. The number of hydrogen-bond acceptors (Lipinski definition) is 8. The van der Waals surface area contributed by atoms with Gasteiger partial charge >= 0.3 is 0 Å². The Bertz CT molecular complexity index is 1410. The molecule has 0 aliphatic carbocycles. The van der Waals surface area contributed by atoms with Crippen molar-refractivity contribution < 1.29 is 24.2 Å². The van der Waals surface area contributed by atoms with E-state index < -0.39 is 18.0 Å². The third-order valence-electron chi connectivity index (χ3n) is 8.02. The van der Waals surface area contributed by atoms with Crippen LogP contribution in [0.25, 0.3) is 5.00 Å². The molecule has 4 heterocycles. The van der Waals surface area contributed by atoms with Gasteiger partial charge in [-0.15, -0.1) is 0 Å². The van der Waals surface area contributed by atoms with Crippen molar-refractivity contribution in [2.45, 2.75) is 65.5 Å². The molecule has 226 valence electrons. The number of fused-ring (bicyclic) bond motifs is 1. The van der Waals surface area contributed by atoms with Gasteiger partial charge in [-0.3, -0.25) is 14.5 Å². The minimum Gasteiger partial charge on any atom is -0.496 e. The molecule has 5 rings (SSSR count). The number of carbonyl (C=O) groups is 2. The summed E-state index contributed by atoms with van der Waals surface area (Å²) >= 11 is 1.39. The number of para-hydroxylation sites is 1. The molecule has 1 unspecified atom stereocenters. The molecular weight excluding hydrogens is 554 g/mol. The van der Waals surface area contributed by atoms with Gasteiger partial charge in [0.2, 0.25) is 12.3 Å². The lowest BCUT2D eigenvalue weighted by Gasteiger charge is -2.49. The summed E-state index contributed by atoms with van der Waals surface area (Å²) in [6.45, 7) is 11.5. The van der Waals surface area contributed by atoms with E-state index in [-0.39, 0.29) is 24.3 Å². The number of carbonyl (C=O) groups excluding carboxylic acids is 2. The van der Waals surface area contributed by atoms with Gasteiger partial charge in [-0.2, -0.15) is 5.10 Å². The smallest absolute Gasteiger partial charge is 0.261 e. The predicted octanol–water partition coefficient (Wildman–Crippen LogP) is 4.60. The Balaban J connectivity index is 1.62. The summed E-state index contributed by atoms with van der Waals surface area (Å²) in [6, 6.07) is 9.51. The number of hydrogen-bond donors (Lipinski definition) is 1. The summed E-state index contributed by atoms with van der Waals surface area (Å²) in [4.78, 5) is 33.0. The molecule has 1 N–H and O–H groups in total. The molecule has 2 amide bonds. The molecular formula is C31H41N5O5S. The highest BCUT2D eigenvalue weighted by molar-refractivity contribution is 7.19. The number of amides is 2. The zero-order valence-corrected chi connectivity index (χ0v) is 26.1. The van der Waals surface area contributed by atoms with Crippen molar-refractivity contribution in [1.82, 2.24) is 19.6 Å². The van der Waals surface area contributed by atoms with E-state index in [4.69, 9.17) is 9.47 Å². The summed E-state index contributed by atoms with van der Waals surface area (Å²) in [5, 5.41) is 17.9. The van der Waals surface area contributed by atoms with E-state index in [1.807, 2.05) is 43.5 Å². The average Bonchev–Trinajstić information content (AvgIpc) is 3.74. The van der Waals surface area contributed by atoms with Gasteiger partial charge in [0.15, 0.2) is 0 Å². The number of thiophene rings is 1. The number of likely N-dealkylation sites (tertiary alicyclic amines) is 1. The normalized spacial score (nSPS) is 18.1. The zero-order chi connectivity index (χ0) is 30.2. The molecule has 0 spiro atoms. The van der Waals surface area contributed by atoms with Gasteiger partial charge < -0.3 is 24.4 Å². The molecule has 0 saturated carbocycles. The van der Waals surface area contributed by atoms with E-state index >= 15 is 0 Å². The molecule has 2 atom stereocenters. The lowest BCUT2D eigenvalue weighted by atomic mass is 9.96. The first-order chi connectivity index (χ1) is 20.1. The van der Waals surface area contributed by atoms with Crippen molar-refractivity contribution in [3.05, 3.63) is 59.4 Å². The highest BCUT2D eigenvalue weighted by Crippen LogP contribution is 2.46. The van der Waals surface area contributed by atoms with Crippen molar-refractivity contribution in [3.8, 4) is 10.8 Å². The maximum Gasteiger partial charge on any atom is 0.261 e. The maximum absolute atomic E-state index is 14.3. The largest absolute Gasteiger partial charge is 0.496 e. The maximum atomic E-state index is 14.3. The molecule has 1 aromatic carbocycles. The van der Waals surface area contributed by atoms with Crippen LogP contribution in [0.4, 0.5) is 5.00 Å². The van der Waals surface area contributed by atoms with Gasteiger partial charge in [-0.25, -0.2) is 4.68 Å². The first kappa shape index (κ1) is 30.1. The Kier molecular flexibility index (Phi) is 8.63. The van der Waals surface area contributed by atoms with E-state index in [1.54, 1.807) is 41.6 Å². The van der Waals surface area contributed by atoms with Gasteiger partial charge in [-0.05, 0) is 51.7 Å². The second-order valence-electron chi connectivity index (χ2n) is 11.9. The predicted molar refractivity (Wildman–Crippen MR) is 162 cm³/mol. The highest BCUT2D eigenvalue weighted by atomic mass is 32.1. The second kappa shape index (κ2) is 12.1. The molecule has 2 aliphatic rings. The van der Waals surface area contributed by atoms with E-state index in [2.05, 4.69) is 18.9 Å². The van der Waals surface area contributed by atoms with E-state index in [0.29, 0.717) is 36.0 Å². The number of aliphatic hydroxyl groups excluding tert-OH is 1. The quantitative estimate of drug-likeness (QED) is 0.366. The fourth-order valence-corrected chi connectivity index (χ4v) is 7.08. The van der Waals surface area contributed by atoms with E-state index in [9.17, 15) is 14.7 Å². The Hall–Kier alpha value is -3.41. The molecule has 2 aromatic heterocycles. The number of ether oxygens (including phenoxy) is 2. The van der Waals surface area contributed by atoms with Crippen LogP contribution in [0.1, 0.15) is 68.1 Å². The van der Waals surface area contributed by atoms with Crippen LogP contribution in [0, 0.1) is 12.8 Å². The second-order valence-corrected chi connectivity index (χ2v) is 12.8. The van der Waals surface area contributed by atoms with Crippen molar-refractivity contribution in [2.24, 2.45) is 5.92 Å². The van der Waals surface area contributed by atoms with Crippen LogP contribution >= 0.6 is 11.3 Å². The van der Waals surface area contributed by atoms with Crippen molar-refractivity contribution in [3.63, 3.8) is 0 Å². The molecule has 3 aromatic rings. The molecule has 11 heteroatoms. The van der Waals surface area contributed by atoms with E-state index in [0.717, 1.165) is 29.0 Å². The molecule has 0 radical (unpaired) electrons.